The van der Waals surface area contributed by atoms with Gasteiger partial charge in [0.25, 0.3) is 5.91 Å². The molecular weight excluding hydrogens is 396 g/mol. The molecule has 3 aromatic rings. The Kier molecular flexibility index (Phi) is 5.03. The molecule has 1 saturated heterocycles. The molecule has 4 rings (SSSR count). The lowest BCUT2D eigenvalue weighted by molar-refractivity contribution is -0.380. The number of hydrogen-bond donors (Lipinski definition) is 0. The molecule has 7 nitrogen and oxygen atoms in total. The summed E-state index contributed by atoms with van der Waals surface area (Å²) < 4.78 is 1.19. The Hall–Kier alpha value is -2.52. The number of aromatic nitrogens is 1. The molecule has 2 aromatic heterocycles. The summed E-state index contributed by atoms with van der Waals surface area (Å²) in [6.07, 6.45) is 0. The molecule has 0 N–H and O–H groups in total. The van der Waals surface area contributed by atoms with E-state index in [-0.39, 0.29) is 10.9 Å². The molecule has 0 unspecified atom stereocenters. The minimum atomic E-state index is -0.460. The van der Waals surface area contributed by atoms with Crippen molar-refractivity contribution in [2.45, 2.75) is 19.8 Å². The van der Waals surface area contributed by atoms with Gasteiger partial charge in [-0.25, -0.2) is 4.98 Å². The van der Waals surface area contributed by atoms with Crippen molar-refractivity contribution in [2.24, 2.45) is 0 Å². The standard InChI is InChI=1S/C19H20N4O3S2/c1-12(2)13-4-3-5-14-17(13)20-19(28-14)22-10-8-21(9-11-22)18(24)15-6-7-16(27-15)23(25)26/h3-7,12H,8-11H2,1-2H3. The first-order valence-electron chi connectivity index (χ1n) is 9.12. The molecule has 1 aromatic carbocycles. The summed E-state index contributed by atoms with van der Waals surface area (Å²) in [7, 11) is 0. The van der Waals surface area contributed by atoms with Crippen LogP contribution < -0.4 is 4.90 Å². The number of benzene rings is 1. The van der Waals surface area contributed by atoms with Crippen LogP contribution in [0.4, 0.5) is 10.1 Å². The molecule has 28 heavy (non-hydrogen) atoms. The fourth-order valence-corrected chi connectivity index (χ4v) is 5.20. The highest BCUT2D eigenvalue weighted by molar-refractivity contribution is 7.22. The number of hydrogen-bond acceptors (Lipinski definition) is 7. The van der Waals surface area contributed by atoms with Crippen LogP contribution in [0.3, 0.4) is 0 Å². The number of para-hydroxylation sites is 1. The highest BCUT2D eigenvalue weighted by Crippen LogP contribution is 2.34. The Morgan fingerprint density at radius 1 is 1.14 bits per heavy atom. The van der Waals surface area contributed by atoms with Gasteiger partial charge in [0.05, 0.1) is 20.0 Å². The van der Waals surface area contributed by atoms with Crippen LogP contribution in [0, 0.1) is 10.1 Å². The van der Waals surface area contributed by atoms with Gasteiger partial charge in [0.15, 0.2) is 5.13 Å². The van der Waals surface area contributed by atoms with E-state index < -0.39 is 4.92 Å². The minimum absolute atomic E-state index is 0.00239. The van der Waals surface area contributed by atoms with E-state index in [0.717, 1.165) is 22.0 Å². The van der Waals surface area contributed by atoms with Crippen LogP contribution in [-0.4, -0.2) is 46.9 Å². The van der Waals surface area contributed by atoms with E-state index in [2.05, 4.69) is 36.9 Å². The summed E-state index contributed by atoms with van der Waals surface area (Å²) in [4.78, 5) is 32.3. The van der Waals surface area contributed by atoms with Gasteiger partial charge >= 0.3 is 5.00 Å². The zero-order valence-electron chi connectivity index (χ0n) is 15.6. The van der Waals surface area contributed by atoms with Gasteiger partial charge in [0.2, 0.25) is 0 Å². The second-order valence-corrected chi connectivity index (χ2v) is 9.09. The molecule has 0 saturated carbocycles. The van der Waals surface area contributed by atoms with Crippen LogP contribution in [0.25, 0.3) is 10.2 Å². The first-order valence-corrected chi connectivity index (χ1v) is 10.7. The number of anilines is 1. The van der Waals surface area contributed by atoms with E-state index >= 15 is 0 Å². The summed E-state index contributed by atoms with van der Waals surface area (Å²) in [5.74, 6) is 0.284. The predicted octanol–water partition coefficient (Wildman–Crippen LogP) is 4.35. The van der Waals surface area contributed by atoms with Crippen molar-refractivity contribution in [3.8, 4) is 0 Å². The second-order valence-electron chi connectivity index (χ2n) is 7.02. The van der Waals surface area contributed by atoms with Crippen LogP contribution >= 0.6 is 22.7 Å². The zero-order chi connectivity index (χ0) is 19.8. The molecule has 146 valence electrons. The van der Waals surface area contributed by atoms with Crippen LogP contribution in [0.5, 0.6) is 0 Å². The number of carbonyl (C=O) groups excluding carboxylic acids is 1. The van der Waals surface area contributed by atoms with Crippen molar-refractivity contribution in [1.82, 2.24) is 9.88 Å². The maximum absolute atomic E-state index is 12.6. The molecule has 1 amide bonds. The Balaban J connectivity index is 1.46. The fourth-order valence-electron chi connectivity index (χ4n) is 3.36. The summed E-state index contributed by atoms with van der Waals surface area (Å²) in [5, 5.41) is 11.8. The topological polar surface area (TPSA) is 79.6 Å². The van der Waals surface area contributed by atoms with Crippen molar-refractivity contribution in [1.29, 1.82) is 0 Å². The number of fused-ring (bicyclic) bond motifs is 1. The first-order chi connectivity index (χ1) is 13.4. The van der Waals surface area contributed by atoms with Gasteiger partial charge in [-0.1, -0.05) is 48.7 Å². The van der Waals surface area contributed by atoms with E-state index in [9.17, 15) is 14.9 Å². The quantitative estimate of drug-likeness (QED) is 0.467. The highest BCUT2D eigenvalue weighted by Gasteiger charge is 2.26. The molecule has 9 heteroatoms. The number of piperazine rings is 1. The SMILES string of the molecule is CC(C)c1cccc2sc(N3CCN(C(=O)c4ccc([N+](=O)[O-])s4)CC3)nc12. The van der Waals surface area contributed by atoms with E-state index in [0.29, 0.717) is 37.0 Å². The van der Waals surface area contributed by atoms with Crippen LogP contribution in [0.15, 0.2) is 30.3 Å². The van der Waals surface area contributed by atoms with Crippen LogP contribution in [-0.2, 0) is 0 Å². The van der Waals surface area contributed by atoms with Gasteiger partial charge < -0.3 is 9.80 Å². The van der Waals surface area contributed by atoms with Crippen LogP contribution in [0.1, 0.15) is 35.0 Å². The van der Waals surface area contributed by atoms with E-state index in [1.165, 1.54) is 16.3 Å². The third-order valence-corrected chi connectivity index (χ3v) is 6.99. The van der Waals surface area contributed by atoms with E-state index in [1.807, 2.05) is 0 Å². The monoisotopic (exact) mass is 416 g/mol. The third-order valence-electron chi connectivity index (χ3n) is 4.88. The van der Waals surface area contributed by atoms with Gasteiger partial charge in [-0.3, -0.25) is 14.9 Å². The van der Waals surface area contributed by atoms with Gasteiger partial charge in [-0.05, 0) is 23.6 Å². The molecule has 0 atom stereocenters. The average molecular weight is 417 g/mol. The van der Waals surface area contributed by atoms with E-state index in [1.54, 1.807) is 22.3 Å². The fraction of sp³-hybridized carbons (Fsp3) is 0.368. The van der Waals surface area contributed by atoms with Gasteiger partial charge in [-0.15, -0.1) is 0 Å². The van der Waals surface area contributed by atoms with Gasteiger partial charge in [-0.2, -0.15) is 0 Å². The summed E-state index contributed by atoms with van der Waals surface area (Å²) in [6, 6.07) is 9.25. The van der Waals surface area contributed by atoms with Gasteiger partial charge in [0, 0.05) is 32.2 Å². The van der Waals surface area contributed by atoms with Crippen LogP contribution in [0.2, 0.25) is 0 Å². The number of nitro groups is 1. The number of thiophene rings is 1. The Morgan fingerprint density at radius 2 is 1.89 bits per heavy atom. The van der Waals surface area contributed by atoms with E-state index in [4.69, 9.17) is 4.98 Å². The lowest BCUT2D eigenvalue weighted by Gasteiger charge is -2.34. The molecule has 0 bridgehead atoms. The number of thiazole rings is 1. The summed E-state index contributed by atoms with van der Waals surface area (Å²) >= 11 is 2.62. The maximum atomic E-state index is 12.6. The Bertz CT molecular complexity index is 1030. The second kappa shape index (κ2) is 7.48. The Morgan fingerprint density at radius 3 is 2.54 bits per heavy atom. The molecule has 3 heterocycles. The first kappa shape index (κ1) is 18.8. The number of nitrogens with zero attached hydrogens (tertiary/aromatic N) is 4. The average Bonchev–Trinajstić information content (AvgIpc) is 3.34. The molecule has 1 aliphatic heterocycles. The normalized spacial score (nSPS) is 14.8. The molecular formula is C19H20N4O3S2. The predicted molar refractivity (Wildman–Crippen MR) is 113 cm³/mol. The molecule has 1 fully saturated rings. The Labute approximate surface area is 170 Å². The summed E-state index contributed by atoms with van der Waals surface area (Å²) in [6.45, 7) is 6.92. The largest absolute Gasteiger partial charge is 0.345 e. The molecule has 0 spiro atoms. The zero-order valence-corrected chi connectivity index (χ0v) is 17.3. The number of carbonyl (C=O) groups is 1. The molecule has 1 aliphatic rings. The minimum Gasteiger partial charge on any atom is -0.345 e. The smallest absolute Gasteiger partial charge is 0.324 e. The number of amides is 1. The van der Waals surface area contributed by atoms with Crippen molar-refractivity contribution in [2.75, 3.05) is 31.1 Å². The van der Waals surface area contributed by atoms with Crippen molar-refractivity contribution in [3.63, 3.8) is 0 Å². The van der Waals surface area contributed by atoms with Crippen molar-refractivity contribution in [3.05, 3.63) is 50.9 Å². The molecule has 0 aliphatic carbocycles. The van der Waals surface area contributed by atoms with Crippen molar-refractivity contribution >= 4 is 48.9 Å². The summed E-state index contributed by atoms with van der Waals surface area (Å²) in [5.41, 5.74) is 2.33. The lowest BCUT2D eigenvalue weighted by Crippen LogP contribution is -2.48. The lowest BCUT2D eigenvalue weighted by atomic mass is 10.0. The van der Waals surface area contributed by atoms with Crippen molar-refractivity contribution < 1.29 is 9.72 Å². The third kappa shape index (κ3) is 3.47. The number of rotatable bonds is 4. The maximum Gasteiger partial charge on any atom is 0.324 e. The van der Waals surface area contributed by atoms with Gasteiger partial charge in [0.1, 0.15) is 0 Å². The molecule has 0 radical (unpaired) electrons. The highest BCUT2D eigenvalue weighted by atomic mass is 32.1.